The van der Waals surface area contributed by atoms with Gasteiger partial charge < -0.3 is 14.2 Å². The van der Waals surface area contributed by atoms with Crippen LogP contribution in [-0.4, -0.2) is 48.0 Å². The van der Waals surface area contributed by atoms with E-state index in [0.717, 1.165) is 17.3 Å². The summed E-state index contributed by atoms with van der Waals surface area (Å²) in [5.41, 5.74) is 0.767. The Morgan fingerprint density at radius 3 is 2.56 bits per heavy atom. The van der Waals surface area contributed by atoms with E-state index in [1.54, 1.807) is 52.3 Å². The van der Waals surface area contributed by atoms with Gasteiger partial charge in [-0.2, -0.15) is 0 Å². The Bertz CT molecular complexity index is 730. The number of esters is 1. The number of carbonyl (C=O) groups is 2. The lowest BCUT2D eigenvalue weighted by Gasteiger charge is -2.14. The number of carbonyl (C=O) groups excluding carboxylic acids is 2. The first kappa shape index (κ1) is 19.3. The molecule has 1 amide bonds. The Kier molecular flexibility index (Phi) is 6.44. The topological polar surface area (TPSA) is 65.1 Å². The average Bonchev–Trinajstić information content (AvgIpc) is 2.81. The summed E-state index contributed by atoms with van der Waals surface area (Å²) in [6, 6.07) is 5.32. The van der Waals surface area contributed by atoms with Crippen molar-refractivity contribution in [3.8, 4) is 11.5 Å². The molecule has 6 nitrogen and oxygen atoms in total. The predicted octanol–water partition coefficient (Wildman–Crippen LogP) is 2.86. The van der Waals surface area contributed by atoms with Crippen molar-refractivity contribution >= 4 is 46.3 Å². The van der Waals surface area contributed by atoms with Crippen molar-refractivity contribution in [3.05, 3.63) is 28.7 Å². The number of hydrogen-bond acceptors (Lipinski definition) is 7. The summed E-state index contributed by atoms with van der Waals surface area (Å²) in [4.78, 5) is 26.0. The van der Waals surface area contributed by atoms with Crippen molar-refractivity contribution in [3.63, 3.8) is 0 Å². The molecule has 1 heterocycles. The van der Waals surface area contributed by atoms with Gasteiger partial charge in [-0.15, -0.1) is 0 Å². The molecule has 0 aliphatic carbocycles. The van der Waals surface area contributed by atoms with Gasteiger partial charge in [0.25, 0.3) is 5.91 Å². The molecule has 1 aromatic carbocycles. The van der Waals surface area contributed by atoms with Gasteiger partial charge in [0.2, 0.25) is 0 Å². The second kappa shape index (κ2) is 8.35. The zero-order valence-electron chi connectivity index (χ0n) is 14.4. The number of ether oxygens (including phenoxy) is 3. The standard InChI is InChI=1S/C17H19NO5S2/c1-10(2)23-15(19)9-18-16(20)14(25-17(18)24)8-11-5-6-12(21-3)13(7-11)22-4/h5-8,10H,9H2,1-4H3/b14-8-. The van der Waals surface area contributed by atoms with Crippen molar-refractivity contribution in [2.24, 2.45) is 0 Å². The molecule has 1 saturated heterocycles. The maximum Gasteiger partial charge on any atom is 0.326 e. The molecular formula is C17H19NO5S2. The largest absolute Gasteiger partial charge is 0.493 e. The molecule has 1 aliphatic heterocycles. The van der Waals surface area contributed by atoms with Gasteiger partial charge in [0.15, 0.2) is 11.5 Å². The molecule has 1 aromatic rings. The fourth-order valence-corrected chi connectivity index (χ4v) is 3.41. The highest BCUT2D eigenvalue weighted by molar-refractivity contribution is 8.26. The predicted molar refractivity (Wildman–Crippen MR) is 101 cm³/mol. The fraction of sp³-hybridized carbons (Fsp3) is 0.353. The Morgan fingerprint density at radius 2 is 1.96 bits per heavy atom. The van der Waals surface area contributed by atoms with Gasteiger partial charge >= 0.3 is 5.97 Å². The maximum atomic E-state index is 12.5. The minimum Gasteiger partial charge on any atom is -0.493 e. The molecule has 134 valence electrons. The molecule has 8 heteroatoms. The van der Waals surface area contributed by atoms with Gasteiger partial charge in [-0.3, -0.25) is 14.5 Å². The fourth-order valence-electron chi connectivity index (χ4n) is 2.16. The number of benzene rings is 1. The SMILES string of the molecule is COc1ccc(/C=C2\SC(=S)N(CC(=O)OC(C)C)C2=O)cc1OC. The first-order valence-corrected chi connectivity index (χ1v) is 8.75. The average molecular weight is 381 g/mol. The van der Waals surface area contributed by atoms with Crippen LogP contribution in [0, 0.1) is 0 Å². The van der Waals surface area contributed by atoms with E-state index >= 15 is 0 Å². The van der Waals surface area contributed by atoms with E-state index in [4.69, 9.17) is 26.4 Å². The maximum absolute atomic E-state index is 12.5. The van der Waals surface area contributed by atoms with Crippen LogP contribution in [0.1, 0.15) is 19.4 Å². The van der Waals surface area contributed by atoms with Crippen LogP contribution in [0.25, 0.3) is 6.08 Å². The van der Waals surface area contributed by atoms with Crippen molar-refractivity contribution in [2.45, 2.75) is 20.0 Å². The van der Waals surface area contributed by atoms with Crippen LogP contribution in [0.15, 0.2) is 23.1 Å². The van der Waals surface area contributed by atoms with E-state index in [1.165, 1.54) is 4.90 Å². The van der Waals surface area contributed by atoms with E-state index in [0.29, 0.717) is 20.7 Å². The smallest absolute Gasteiger partial charge is 0.326 e. The minimum absolute atomic E-state index is 0.188. The van der Waals surface area contributed by atoms with Crippen LogP contribution in [-0.2, 0) is 14.3 Å². The summed E-state index contributed by atoms with van der Waals surface area (Å²) in [5.74, 6) is 0.361. The highest BCUT2D eigenvalue weighted by Gasteiger charge is 2.34. The van der Waals surface area contributed by atoms with Crippen LogP contribution in [0.2, 0.25) is 0 Å². The van der Waals surface area contributed by atoms with Gasteiger partial charge in [0.05, 0.1) is 25.2 Å². The van der Waals surface area contributed by atoms with E-state index in [9.17, 15) is 9.59 Å². The van der Waals surface area contributed by atoms with Crippen molar-refractivity contribution in [1.82, 2.24) is 4.90 Å². The first-order valence-electron chi connectivity index (χ1n) is 7.52. The number of methoxy groups -OCH3 is 2. The Hall–Kier alpha value is -2.06. The Labute approximate surface area is 156 Å². The molecule has 25 heavy (non-hydrogen) atoms. The molecule has 2 rings (SSSR count). The Balaban J connectivity index is 2.18. The van der Waals surface area contributed by atoms with Gasteiger partial charge in [0.1, 0.15) is 10.9 Å². The van der Waals surface area contributed by atoms with Crippen molar-refractivity contribution < 1.29 is 23.8 Å². The number of thioether (sulfide) groups is 1. The van der Waals surface area contributed by atoms with Crippen molar-refractivity contribution in [1.29, 1.82) is 0 Å². The third-order valence-corrected chi connectivity index (χ3v) is 4.61. The monoisotopic (exact) mass is 381 g/mol. The van der Waals surface area contributed by atoms with E-state index in [1.807, 2.05) is 0 Å². The van der Waals surface area contributed by atoms with E-state index in [2.05, 4.69) is 0 Å². The van der Waals surface area contributed by atoms with Crippen LogP contribution in [0.4, 0.5) is 0 Å². The summed E-state index contributed by atoms with van der Waals surface area (Å²) in [7, 11) is 3.10. The number of rotatable bonds is 6. The molecule has 0 atom stereocenters. The third-order valence-electron chi connectivity index (χ3n) is 3.23. The Morgan fingerprint density at radius 1 is 1.28 bits per heavy atom. The number of hydrogen-bond donors (Lipinski definition) is 0. The number of nitrogens with zero attached hydrogens (tertiary/aromatic N) is 1. The third kappa shape index (κ3) is 4.73. The van der Waals surface area contributed by atoms with E-state index in [-0.39, 0.29) is 18.6 Å². The minimum atomic E-state index is -0.487. The molecule has 0 N–H and O–H groups in total. The lowest BCUT2D eigenvalue weighted by Crippen LogP contribution is -2.35. The lowest BCUT2D eigenvalue weighted by atomic mass is 10.2. The molecule has 0 radical (unpaired) electrons. The highest BCUT2D eigenvalue weighted by Crippen LogP contribution is 2.34. The normalized spacial score (nSPS) is 15.9. The quantitative estimate of drug-likeness (QED) is 0.426. The molecule has 1 aliphatic rings. The molecular weight excluding hydrogens is 362 g/mol. The van der Waals surface area contributed by atoms with E-state index < -0.39 is 5.97 Å². The number of amides is 1. The van der Waals surface area contributed by atoms with Crippen LogP contribution < -0.4 is 9.47 Å². The zero-order chi connectivity index (χ0) is 18.6. The van der Waals surface area contributed by atoms with Gasteiger partial charge in [0, 0.05) is 0 Å². The highest BCUT2D eigenvalue weighted by atomic mass is 32.2. The van der Waals surface area contributed by atoms with Crippen LogP contribution in [0.5, 0.6) is 11.5 Å². The summed E-state index contributed by atoms with van der Waals surface area (Å²) < 4.78 is 15.8. The van der Waals surface area contributed by atoms with Gasteiger partial charge in [-0.25, -0.2) is 0 Å². The molecule has 0 bridgehead atoms. The molecule has 0 aromatic heterocycles. The number of thiocarbonyl (C=S) groups is 1. The van der Waals surface area contributed by atoms with Gasteiger partial charge in [-0.05, 0) is 37.6 Å². The second-order valence-corrected chi connectivity index (χ2v) is 7.10. The van der Waals surface area contributed by atoms with Crippen molar-refractivity contribution in [2.75, 3.05) is 20.8 Å². The molecule has 0 saturated carbocycles. The zero-order valence-corrected chi connectivity index (χ0v) is 16.0. The molecule has 0 unspecified atom stereocenters. The summed E-state index contributed by atoms with van der Waals surface area (Å²) in [6.45, 7) is 3.31. The second-order valence-electron chi connectivity index (χ2n) is 5.42. The summed E-state index contributed by atoms with van der Waals surface area (Å²) in [6.07, 6.45) is 1.46. The summed E-state index contributed by atoms with van der Waals surface area (Å²) in [5, 5.41) is 0. The lowest BCUT2D eigenvalue weighted by molar-refractivity contribution is -0.149. The van der Waals surface area contributed by atoms with Gasteiger partial charge in [-0.1, -0.05) is 30.0 Å². The molecule has 1 fully saturated rings. The van der Waals surface area contributed by atoms with Crippen LogP contribution >= 0.6 is 24.0 Å². The first-order chi connectivity index (χ1) is 11.8. The summed E-state index contributed by atoms with van der Waals surface area (Å²) >= 11 is 6.36. The molecule has 0 spiro atoms. The van der Waals surface area contributed by atoms with Crippen LogP contribution in [0.3, 0.4) is 0 Å².